The maximum atomic E-state index is 8.80. The van der Waals surface area contributed by atoms with Gasteiger partial charge >= 0.3 is 0 Å². The number of aromatic amines is 1. The Morgan fingerprint density at radius 3 is 2.73 bits per heavy atom. The second-order valence-electron chi connectivity index (χ2n) is 6.99. The lowest BCUT2D eigenvalue weighted by atomic mass is 9.91. The van der Waals surface area contributed by atoms with Crippen LogP contribution in [-0.2, 0) is 11.2 Å². The highest BCUT2D eigenvalue weighted by molar-refractivity contribution is 5.85. The molecule has 1 fully saturated rings. The molecule has 0 atom stereocenters. The normalized spacial score (nSPS) is 13.9. The van der Waals surface area contributed by atoms with Crippen LogP contribution in [0.5, 0.6) is 5.75 Å². The molecule has 30 heavy (non-hydrogen) atoms. The molecule has 2 N–H and O–H groups in total. The number of ether oxygens (including phenoxy) is 2. The quantitative estimate of drug-likeness (QED) is 0.615. The number of nitriles is 1. The van der Waals surface area contributed by atoms with E-state index in [2.05, 4.69) is 43.7 Å². The van der Waals surface area contributed by atoms with Crippen LogP contribution < -0.4 is 10.1 Å². The van der Waals surface area contributed by atoms with Crippen molar-refractivity contribution in [1.29, 1.82) is 5.26 Å². The van der Waals surface area contributed by atoms with Crippen LogP contribution in [0, 0.1) is 17.2 Å². The Bertz CT molecular complexity index is 1010. The van der Waals surface area contributed by atoms with Crippen LogP contribution in [0.3, 0.4) is 0 Å². The third-order valence-corrected chi connectivity index (χ3v) is 5.02. The molecule has 9 heteroatoms. The summed E-state index contributed by atoms with van der Waals surface area (Å²) < 4.78 is 11.1. The van der Waals surface area contributed by atoms with Crippen molar-refractivity contribution >= 4 is 24.0 Å². The Hall–Kier alpha value is -3.15. The number of benzene rings is 1. The van der Waals surface area contributed by atoms with E-state index in [1.165, 1.54) is 18.0 Å². The fourth-order valence-corrected chi connectivity index (χ4v) is 3.47. The van der Waals surface area contributed by atoms with Gasteiger partial charge in [0.2, 0.25) is 0 Å². The van der Waals surface area contributed by atoms with Gasteiger partial charge in [-0.1, -0.05) is 6.07 Å². The van der Waals surface area contributed by atoms with Crippen molar-refractivity contribution in [1.82, 2.24) is 20.2 Å². The number of halogens is 1. The van der Waals surface area contributed by atoms with E-state index >= 15 is 0 Å². The van der Waals surface area contributed by atoms with E-state index in [4.69, 9.17) is 14.7 Å². The molecular formula is C21H23ClN6O2. The third kappa shape index (κ3) is 5.06. The molecule has 1 aliphatic rings. The summed E-state index contributed by atoms with van der Waals surface area (Å²) in [7, 11) is 1.68. The summed E-state index contributed by atoms with van der Waals surface area (Å²) in [4.78, 5) is 8.14. The van der Waals surface area contributed by atoms with E-state index in [1.807, 2.05) is 12.1 Å². The molecule has 0 radical (unpaired) electrons. The fraction of sp³-hybridized carbons (Fsp3) is 0.333. The van der Waals surface area contributed by atoms with E-state index in [0.717, 1.165) is 49.5 Å². The number of nitrogens with zero attached hydrogens (tertiary/aromatic N) is 4. The van der Waals surface area contributed by atoms with Gasteiger partial charge in [-0.2, -0.15) is 10.4 Å². The first kappa shape index (κ1) is 21.6. The molecule has 2 aromatic heterocycles. The number of anilines is 2. The van der Waals surface area contributed by atoms with Gasteiger partial charge in [-0.15, -0.1) is 12.4 Å². The first-order valence-corrected chi connectivity index (χ1v) is 9.55. The summed E-state index contributed by atoms with van der Waals surface area (Å²) in [6, 6.07) is 10.1. The van der Waals surface area contributed by atoms with Gasteiger partial charge in [0.15, 0.2) is 11.5 Å². The third-order valence-electron chi connectivity index (χ3n) is 5.02. The van der Waals surface area contributed by atoms with Crippen molar-refractivity contribution in [3.05, 3.63) is 47.9 Å². The molecule has 3 heterocycles. The lowest BCUT2D eigenvalue weighted by molar-refractivity contribution is 0.0665. The van der Waals surface area contributed by atoms with Gasteiger partial charge in [-0.25, -0.2) is 9.97 Å². The first-order valence-electron chi connectivity index (χ1n) is 9.55. The van der Waals surface area contributed by atoms with Crippen LogP contribution in [0.1, 0.15) is 24.1 Å². The van der Waals surface area contributed by atoms with Gasteiger partial charge < -0.3 is 14.8 Å². The highest BCUT2D eigenvalue weighted by Crippen LogP contribution is 2.32. The number of hydrogen-bond donors (Lipinski definition) is 2. The van der Waals surface area contributed by atoms with Crippen LogP contribution in [0.25, 0.3) is 11.3 Å². The molecule has 3 aromatic rings. The Labute approximate surface area is 181 Å². The van der Waals surface area contributed by atoms with Crippen molar-refractivity contribution in [2.45, 2.75) is 19.3 Å². The van der Waals surface area contributed by atoms with Crippen LogP contribution >= 0.6 is 12.4 Å². The largest absolute Gasteiger partial charge is 0.496 e. The van der Waals surface area contributed by atoms with E-state index in [1.54, 1.807) is 7.11 Å². The minimum absolute atomic E-state index is 0. The van der Waals surface area contributed by atoms with Gasteiger partial charge in [0.1, 0.15) is 17.6 Å². The number of aromatic nitrogens is 4. The minimum atomic E-state index is 0. The van der Waals surface area contributed by atoms with Crippen molar-refractivity contribution in [2.24, 2.45) is 5.92 Å². The molecule has 0 bridgehead atoms. The molecular weight excluding hydrogens is 404 g/mol. The maximum Gasteiger partial charge on any atom is 0.158 e. The summed E-state index contributed by atoms with van der Waals surface area (Å²) in [5.41, 5.74) is 3.31. The summed E-state index contributed by atoms with van der Waals surface area (Å²) in [5.74, 6) is 2.59. The molecule has 0 saturated carbocycles. The van der Waals surface area contributed by atoms with E-state index < -0.39 is 0 Å². The molecule has 1 aromatic carbocycles. The number of nitrogens with one attached hydrogen (secondary N) is 2. The van der Waals surface area contributed by atoms with Crippen molar-refractivity contribution in [3.8, 4) is 23.1 Å². The average molecular weight is 427 g/mol. The molecule has 0 aliphatic carbocycles. The molecule has 0 unspecified atom stereocenters. The number of rotatable bonds is 6. The predicted molar refractivity (Wildman–Crippen MR) is 115 cm³/mol. The zero-order chi connectivity index (χ0) is 20.1. The predicted octanol–water partition coefficient (Wildman–Crippen LogP) is 3.88. The van der Waals surface area contributed by atoms with Crippen molar-refractivity contribution in [3.63, 3.8) is 0 Å². The molecule has 0 spiro atoms. The first-order chi connectivity index (χ1) is 14.2. The van der Waals surface area contributed by atoms with Gasteiger partial charge in [0.25, 0.3) is 0 Å². The van der Waals surface area contributed by atoms with Crippen LogP contribution in [0.15, 0.2) is 36.7 Å². The van der Waals surface area contributed by atoms with Crippen molar-refractivity contribution in [2.75, 3.05) is 25.6 Å². The zero-order valence-corrected chi connectivity index (χ0v) is 17.4. The Balaban J connectivity index is 0.00000256. The van der Waals surface area contributed by atoms with Crippen LogP contribution in [-0.4, -0.2) is 40.5 Å². The number of methoxy groups -OCH3 is 1. The molecule has 156 valence electrons. The van der Waals surface area contributed by atoms with Gasteiger partial charge in [-0.3, -0.25) is 5.10 Å². The van der Waals surface area contributed by atoms with Gasteiger partial charge in [0, 0.05) is 24.8 Å². The number of hydrogen-bond acceptors (Lipinski definition) is 7. The summed E-state index contributed by atoms with van der Waals surface area (Å²) in [5, 5.41) is 19.2. The SMILES string of the molecule is COc1cc(CC2CCOCC2)ccc1-c1cc(Nc2cnc(C#N)cn2)n[nH]1.Cl. The summed E-state index contributed by atoms with van der Waals surface area (Å²) in [6.45, 7) is 1.71. The monoisotopic (exact) mass is 426 g/mol. The highest BCUT2D eigenvalue weighted by atomic mass is 35.5. The average Bonchev–Trinajstić information content (AvgIpc) is 3.23. The Kier molecular flexibility index (Phi) is 7.22. The lowest BCUT2D eigenvalue weighted by Crippen LogP contribution is -2.17. The standard InChI is InChI=1S/C21H22N6O2.ClH/c1-28-19-9-15(8-14-4-6-29-7-5-14)2-3-17(19)18-10-20(27-26-18)25-21-13-23-16(11-22)12-24-21;/h2-3,9-10,12-14H,4-8H2,1H3,(H2,24,25,26,27);1H. The minimum Gasteiger partial charge on any atom is -0.496 e. The van der Waals surface area contributed by atoms with Gasteiger partial charge in [0.05, 0.1) is 25.2 Å². The summed E-state index contributed by atoms with van der Waals surface area (Å²) >= 11 is 0. The Morgan fingerprint density at radius 2 is 2.03 bits per heavy atom. The topological polar surface area (TPSA) is 109 Å². The molecule has 4 rings (SSSR count). The van der Waals surface area contributed by atoms with Crippen LogP contribution in [0.2, 0.25) is 0 Å². The second kappa shape index (κ2) is 10.1. The lowest BCUT2D eigenvalue weighted by Gasteiger charge is -2.22. The van der Waals surface area contributed by atoms with E-state index in [-0.39, 0.29) is 18.1 Å². The second-order valence-corrected chi connectivity index (χ2v) is 6.99. The van der Waals surface area contributed by atoms with Crippen molar-refractivity contribution < 1.29 is 9.47 Å². The maximum absolute atomic E-state index is 8.80. The molecule has 1 aliphatic heterocycles. The molecule has 8 nitrogen and oxygen atoms in total. The number of H-pyrrole nitrogens is 1. The van der Waals surface area contributed by atoms with E-state index in [9.17, 15) is 0 Å². The fourth-order valence-electron chi connectivity index (χ4n) is 3.47. The molecule has 0 amide bonds. The summed E-state index contributed by atoms with van der Waals surface area (Å²) in [6.07, 6.45) is 6.16. The smallest absolute Gasteiger partial charge is 0.158 e. The Morgan fingerprint density at radius 1 is 1.20 bits per heavy atom. The van der Waals surface area contributed by atoms with Crippen LogP contribution in [0.4, 0.5) is 11.6 Å². The van der Waals surface area contributed by atoms with E-state index in [0.29, 0.717) is 17.6 Å². The highest BCUT2D eigenvalue weighted by Gasteiger charge is 2.16. The molecule has 1 saturated heterocycles. The van der Waals surface area contributed by atoms with Gasteiger partial charge in [-0.05, 0) is 42.9 Å². The zero-order valence-electron chi connectivity index (χ0n) is 16.6.